The molecule has 0 unspecified atom stereocenters. The normalized spacial score (nSPS) is 15.7. The van der Waals surface area contributed by atoms with E-state index in [4.69, 9.17) is 9.73 Å². The van der Waals surface area contributed by atoms with E-state index in [1.54, 1.807) is 17.8 Å². The van der Waals surface area contributed by atoms with Crippen LogP contribution < -0.4 is 5.32 Å². The monoisotopic (exact) mass is 395 g/mol. The van der Waals surface area contributed by atoms with Crippen molar-refractivity contribution in [1.29, 1.82) is 0 Å². The molecule has 1 aliphatic rings. The second-order valence-corrected chi connectivity index (χ2v) is 7.50. The fourth-order valence-electron chi connectivity index (χ4n) is 3.03. The van der Waals surface area contributed by atoms with Crippen LogP contribution in [0.3, 0.4) is 0 Å². The van der Waals surface area contributed by atoms with E-state index in [2.05, 4.69) is 10.2 Å². The second kappa shape index (κ2) is 11.8. The number of benzene rings is 1. The third-order valence-corrected chi connectivity index (χ3v) is 5.45. The first-order valence-corrected chi connectivity index (χ1v) is 10.8. The van der Waals surface area contributed by atoms with Gasteiger partial charge in [-0.05, 0) is 38.3 Å². The molecule has 1 heterocycles. The molecule has 27 heavy (non-hydrogen) atoms. The van der Waals surface area contributed by atoms with E-state index in [0.717, 1.165) is 49.8 Å². The molecule has 2 rings (SSSR count). The van der Waals surface area contributed by atoms with Crippen LogP contribution in [0.2, 0.25) is 0 Å². The number of ether oxygens (including phenoxy) is 1. The van der Waals surface area contributed by atoms with Gasteiger partial charge in [-0.1, -0.05) is 18.2 Å². The largest absolute Gasteiger partial charge is 0.466 e. The van der Waals surface area contributed by atoms with Crippen molar-refractivity contribution in [2.75, 3.05) is 38.5 Å². The summed E-state index contributed by atoms with van der Waals surface area (Å²) in [6.45, 7) is 7.42. The highest BCUT2D eigenvalue weighted by molar-refractivity contribution is 7.98. The zero-order valence-corrected chi connectivity index (χ0v) is 17.1. The Morgan fingerprint density at radius 2 is 2.07 bits per heavy atom. The number of hydrogen-bond acceptors (Lipinski definition) is 4. The van der Waals surface area contributed by atoms with Crippen LogP contribution in [-0.4, -0.2) is 55.4 Å². The van der Waals surface area contributed by atoms with Crippen LogP contribution in [0.1, 0.15) is 32.3 Å². The van der Waals surface area contributed by atoms with Gasteiger partial charge in [-0.3, -0.25) is 9.79 Å². The van der Waals surface area contributed by atoms with E-state index >= 15 is 0 Å². The number of hydrogen-bond donors (Lipinski definition) is 1. The summed E-state index contributed by atoms with van der Waals surface area (Å²) in [7, 11) is 0. The lowest BCUT2D eigenvalue weighted by Gasteiger charge is -2.33. The van der Waals surface area contributed by atoms with E-state index in [1.807, 2.05) is 26.0 Å². The van der Waals surface area contributed by atoms with Crippen molar-refractivity contribution < 1.29 is 13.9 Å². The van der Waals surface area contributed by atoms with Gasteiger partial charge in [-0.25, -0.2) is 4.39 Å². The van der Waals surface area contributed by atoms with Gasteiger partial charge < -0.3 is 15.0 Å². The van der Waals surface area contributed by atoms with Crippen LogP contribution in [0.25, 0.3) is 0 Å². The van der Waals surface area contributed by atoms with E-state index in [9.17, 15) is 9.18 Å². The number of carbonyl (C=O) groups is 1. The number of nitrogens with zero attached hydrogens (tertiary/aromatic N) is 2. The molecule has 1 aromatic rings. The van der Waals surface area contributed by atoms with Crippen LogP contribution in [-0.2, 0) is 15.3 Å². The summed E-state index contributed by atoms with van der Waals surface area (Å²) < 4.78 is 18.7. The molecule has 0 aromatic heterocycles. The fraction of sp³-hybridized carbons (Fsp3) is 0.600. The van der Waals surface area contributed by atoms with Crippen molar-refractivity contribution in [2.24, 2.45) is 10.9 Å². The molecule has 150 valence electrons. The van der Waals surface area contributed by atoms with Crippen molar-refractivity contribution in [3.05, 3.63) is 35.6 Å². The Balaban J connectivity index is 1.77. The molecule has 0 atom stereocenters. The maximum absolute atomic E-state index is 13.6. The standard InChI is InChI=1S/C20H30FN3O2S/c1-3-22-20(24-12-9-16(10-13-24)19(25)26-4-2)23-11-14-27-15-17-7-5-6-8-18(17)21/h5-8,16H,3-4,9-15H2,1-2H3,(H,22,23). The zero-order valence-electron chi connectivity index (χ0n) is 16.2. The smallest absolute Gasteiger partial charge is 0.309 e. The molecule has 1 saturated heterocycles. The minimum Gasteiger partial charge on any atom is -0.466 e. The summed E-state index contributed by atoms with van der Waals surface area (Å²) in [5, 5.41) is 3.33. The van der Waals surface area contributed by atoms with E-state index < -0.39 is 0 Å². The molecule has 0 bridgehead atoms. The number of nitrogens with one attached hydrogen (secondary N) is 1. The number of halogens is 1. The van der Waals surface area contributed by atoms with Crippen LogP contribution >= 0.6 is 11.8 Å². The molecule has 1 fully saturated rings. The Kier molecular flexibility index (Phi) is 9.45. The Bertz CT molecular complexity index is 619. The Morgan fingerprint density at radius 1 is 1.33 bits per heavy atom. The molecule has 0 amide bonds. The Morgan fingerprint density at radius 3 is 2.74 bits per heavy atom. The maximum Gasteiger partial charge on any atom is 0.309 e. The van der Waals surface area contributed by atoms with Gasteiger partial charge in [-0.15, -0.1) is 0 Å². The van der Waals surface area contributed by atoms with Gasteiger partial charge in [0.25, 0.3) is 0 Å². The van der Waals surface area contributed by atoms with Crippen molar-refractivity contribution >= 4 is 23.7 Å². The van der Waals surface area contributed by atoms with Gasteiger partial charge in [0.2, 0.25) is 0 Å². The Hall–Kier alpha value is -1.76. The van der Waals surface area contributed by atoms with Crippen molar-refractivity contribution in [3.8, 4) is 0 Å². The summed E-state index contributed by atoms with van der Waals surface area (Å²) in [6, 6.07) is 6.89. The number of thioether (sulfide) groups is 1. The average Bonchev–Trinajstić information content (AvgIpc) is 2.68. The summed E-state index contributed by atoms with van der Waals surface area (Å²) in [5.41, 5.74) is 0.736. The predicted octanol–water partition coefficient (Wildman–Crippen LogP) is 3.30. The van der Waals surface area contributed by atoms with Crippen LogP contribution in [0.5, 0.6) is 0 Å². The molecular formula is C20H30FN3O2S. The Labute approximate surface area is 165 Å². The zero-order chi connectivity index (χ0) is 19.5. The van der Waals surface area contributed by atoms with E-state index in [0.29, 0.717) is 18.9 Å². The van der Waals surface area contributed by atoms with Gasteiger partial charge >= 0.3 is 5.97 Å². The summed E-state index contributed by atoms with van der Waals surface area (Å²) in [5.74, 6) is 2.16. The average molecular weight is 396 g/mol. The molecule has 1 aliphatic heterocycles. The first-order chi connectivity index (χ1) is 13.2. The number of aliphatic imine (C=N–C) groups is 1. The van der Waals surface area contributed by atoms with Gasteiger partial charge in [0.1, 0.15) is 5.82 Å². The number of carbonyl (C=O) groups excluding carboxylic acids is 1. The molecule has 1 N–H and O–H groups in total. The molecular weight excluding hydrogens is 365 g/mol. The number of guanidine groups is 1. The number of piperidine rings is 1. The molecule has 0 aliphatic carbocycles. The molecule has 0 saturated carbocycles. The predicted molar refractivity (Wildman–Crippen MR) is 109 cm³/mol. The van der Waals surface area contributed by atoms with Gasteiger partial charge in [0.05, 0.1) is 19.1 Å². The van der Waals surface area contributed by atoms with Crippen LogP contribution in [0.4, 0.5) is 4.39 Å². The quantitative estimate of drug-likeness (QED) is 0.317. The summed E-state index contributed by atoms with van der Waals surface area (Å²) in [4.78, 5) is 18.8. The van der Waals surface area contributed by atoms with Gasteiger partial charge in [-0.2, -0.15) is 11.8 Å². The highest BCUT2D eigenvalue weighted by atomic mass is 32.2. The molecule has 0 spiro atoms. The third kappa shape index (κ3) is 7.05. The third-order valence-electron chi connectivity index (χ3n) is 4.46. The SMILES string of the molecule is CCNC(=NCCSCc1ccccc1F)N1CCC(C(=O)OCC)CC1. The molecule has 7 heteroatoms. The fourth-order valence-corrected chi connectivity index (χ4v) is 3.85. The van der Waals surface area contributed by atoms with E-state index in [-0.39, 0.29) is 17.7 Å². The number of likely N-dealkylation sites (tertiary alicyclic amines) is 1. The highest BCUT2D eigenvalue weighted by Crippen LogP contribution is 2.19. The van der Waals surface area contributed by atoms with Crippen molar-refractivity contribution in [3.63, 3.8) is 0 Å². The topological polar surface area (TPSA) is 53.9 Å². The second-order valence-electron chi connectivity index (χ2n) is 6.39. The summed E-state index contributed by atoms with van der Waals surface area (Å²) in [6.07, 6.45) is 1.59. The maximum atomic E-state index is 13.6. The van der Waals surface area contributed by atoms with E-state index in [1.165, 1.54) is 6.07 Å². The lowest BCUT2D eigenvalue weighted by molar-refractivity contribution is -0.149. The van der Waals surface area contributed by atoms with Crippen molar-refractivity contribution in [1.82, 2.24) is 10.2 Å². The highest BCUT2D eigenvalue weighted by Gasteiger charge is 2.27. The number of esters is 1. The van der Waals surface area contributed by atoms with Crippen molar-refractivity contribution in [2.45, 2.75) is 32.4 Å². The lowest BCUT2D eigenvalue weighted by atomic mass is 9.97. The summed E-state index contributed by atoms with van der Waals surface area (Å²) >= 11 is 1.68. The molecule has 5 nitrogen and oxygen atoms in total. The molecule has 0 radical (unpaired) electrons. The van der Waals surface area contributed by atoms with Crippen LogP contribution in [0.15, 0.2) is 29.3 Å². The number of rotatable bonds is 8. The first-order valence-electron chi connectivity index (χ1n) is 9.66. The molecule has 1 aromatic carbocycles. The van der Waals surface area contributed by atoms with Crippen LogP contribution in [0, 0.1) is 11.7 Å². The minimum atomic E-state index is -0.147. The first kappa shape index (κ1) is 21.5. The van der Waals surface area contributed by atoms with Gasteiger partial charge in [0, 0.05) is 31.1 Å². The minimum absolute atomic E-state index is 0.000371. The van der Waals surface area contributed by atoms with Gasteiger partial charge in [0.15, 0.2) is 5.96 Å². The lowest BCUT2D eigenvalue weighted by Crippen LogP contribution is -2.46.